The number of hydrogen-bond acceptors (Lipinski definition) is 5. The number of rotatable bonds is 2. The number of thiophene rings is 1. The lowest BCUT2D eigenvalue weighted by molar-refractivity contribution is 0.597. The highest BCUT2D eigenvalue weighted by atomic mass is 32.2. The minimum Gasteiger partial charge on any atom is -0.397 e. The summed E-state index contributed by atoms with van der Waals surface area (Å²) in [7, 11) is -3.72. The molecule has 1 atom stereocenters. The van der Waals surface area contributed by atoms with Gasteiger partial charge in [0.2, 0.25) is 10.0 Å². The Kier molecular flexibility index (Phi) is 3.43. The third-order valence-corrected chi connectivity index (χ3v) is 5.82. The molecule has 2 aromatic rings. The van der Waals surface area contributed by atoms with Crippen LogP contribution in [0.3, 0.4) is 0 Å². The quantitative estimate of drug-likeness (QED) is 0.828. The standard InChI is InChI=1S/C14H17N3O2S2/c1-9-11-5-7-20-14(11)4-6-17(9)13-3-2-10(8-12(13)15)21(16,18)19/h2-3,5,7-9H,4,6,15H2,1H3,(H2,16,18,19). The summed E-state index contributed by atoms with van der Waals surface area (Å²) in [6.45, 7) is 3.01. The van der Waals surface area contributed by atoms with Crippen LogP contribution in [0.25, 0.3) is 0 Å². The predicted octanol–water partition coefficient (Wildman–Crippen LogP) is 2.10. The first kappa shape index (κ1) is 14.4. The number of anilines is 2. The van der Waals surface area contributed by atoms with Crippen LogP contribution in [-0.2, 0) is 16.4 Å². The smallest absolute Gasteiger partial charge is 0.238 e. The van der Waals surface area contributed by atoms with E-state index in [1.54, 1.807) is 17.4 Å². The Hall–Kier alpha value is -1.57. The highest BCUT2D eigenvalue weighted by molar-refractivity contribution is 7.89. The Morgan fingerprint density at radius 3 is 2.76 bits per heavy atom. The fourth-order valence-electron chi connectivity index (χ4n) is 2.81. The van der Waals surface area contributed by atoms with Crippen molar-refractivity contribution < 1.29 is 8.42 Å². The molecule has 1 aliphatic rings. The van der Waals surface area contributed by atoms with Crippen molar-refractivity contribution in [1.29, 1.82) is 0 Å². The average Bonchev–Trinajstić information content (AvgIpc) is 2.88. The van der Waals surface area contributed by atoms with Gasteiger partial charge in [-0.3, -0.25) is 0 Å². The molecule has 0 bridgehead atoms. The van der Waals surface area contributed by atoms with Crippen LogP contribution in [0.15, 0.2) is 34.5 Å². The number of benzene rings is 1. The third kappa shape index (κ3) is 2.52. The molecule has 112 valence electrons. The Labute approximate surface area is 128 Å². The Morgan fingerprint density at radius 2 is 2.10 bits per heavy atom. The number of nitrogen functional groups attached to an aromatic ring is 1. The molecule has 1 aromatic carbocycles. The van der Waals surface area contributed by atoms with E-state index in [0.29, 0.717) is 5.69 Å². The molecular weight excluding hydrogens is 306 g/mol. The fourth-order valence-corrected chi connectivity index (χ4v) is 4.32. The van der Waals surface area contributed by atoms with E-state index < -0.39 is 10.0 Å². The van der Waals surface area contributed by atoms with Crippen LogP contribution in [0.2, 0.25) is 0 Å². The highest BCUT2D eigenvalue weighted by Crippen LogP contribution is 2.38. The van der Waals surface area contributed by atoms with Gasteiger partial charge in [-0.15, -0.1) is 11.3 Å². The van der Waals surface area contributed by atoms with Gasteiger partial charge in [0.25, 0.3) is 0 Å². The van der Waals surface area contributed by atoms with E-state index in [-0.39, 0.29) is 10.9 Å². The molecule has 0 fully saturated rings. The van der Waals surface area contributed by atoms with Crippen molar-refractivity contribution in [2.45, 2.75) is 24.3 Å². The second kappa shape index (κ2) is 5.01. The van der Waals surface area contributed by atoms with Crippen LogP contribution in [0.5, 0.6) is 0 Å². The summed E-state index contributed by atoms with van der Waals surface area (Å²) in [6.07, 6.45) is 0.980. The van der Waals surface area contributed by atoms with E-state index in [1.807, 2.05) is 0 Å². The molecular formula is C14H17N3O2S2. The zero-order valence-electron chi connectivity index (χ0n) is 11.6. The first-order valence-electron chi connectivity index (χ1n) is 6.63. The van der Waals surface area contributed by atoms with Crippen molar-refractivity contribution in [2.75, 3.05) is 17.2 Å². The molecule has 4 N–H and O–H groups in total. The van der Waals surface area contributed by atoms with Crippen LogP contribution < -0.4 is 15.8 Å². The molecule has 1 aromatic heterocycles. The van der Waals surface area contributed by atoms with Crippen molar-refractivity contribution in [3.8, 4) is 0 Å². The van der Waals surface area contributed by atoms with Gasteiger partial charge in [0.15, 0.2) is 0 Å². The zero-order valence-corrected chi connectivity index (χ0v) is 13.2. The molecule has 1 aliphatic heterocycles. The molecule has 0 radical (unpaired) electrons. The first-order chi connectivity index (χ1) is 9.88. The molecule has 0 aliphatic carbocycles. The van der Waals surface area contributed by atoms with Gasteiger partial charge in [0.1, 0.15) is 0 Å². The summed E-state index contributed by atoms with van der Waals surface area (Å²) in [4.78, 5) is 3.67. The lowest BCUT2D eigenvalue weighted by atomic mass is 10.0. The molecule has 1 unspecified atom stereocenters. The van der Waals surface area contributed by atoms with Crippen molar-refractivity contribution >= 4 is 32.7 Å². The van der Waals surface area contributed by atoms with Crippen LogP contribution in [0.1, 0.15) is 23.4 Å². The summed E-state index contributed by atoms with van der Waals surface area (Å²) in [5.74, 6) is 0. The SMILES string of the molecule is CC1c2ccsc2CCN1c1ccc(S(N)(=O)=O)cc1N. The number of sulfonamides is 1. The van der Waals surface area contributed by atoms with Gasteiger partial charge >= 0.3 is 0 Å². The first-order valence-corrected chi connectivity index (χ1v) is 9.06. The molecule has 7 heteroatoms. The van der Waals surface area contributed by atoms with Gasteiger partial charge in [0, 0.05) is 11.4 Å². The lowest BCUT2D eigenvalue weighted by Gasteiger charge is -2.36. The largest absolute Gasteiger partial charge is 0.397 e. The van der Waals surface area contributed by atoms with Crippen LogP contribution in [0, 0.1) is 0 Å². The van der Waals surface area contributed by atoms with Gasteiger partial charge in [0.05, 0.1) is 22.3 Å². The number of primary sulfonamides is 1. The zero-order chi connectivity index (χ0) is 15.2. The topological polar surface area (TPSA) is 89.4 Å². The second-order valence-electron chi connectivity index (χ2n) is 5.18. The molecule has 0 saturated heterocycles. The highest BCUT2D eigenvalue weighted by Gasteiger charge is 2.26. The number of nitrogens with two attached hydrogens (primary N) is 2. The molecule has 5 nitrogen and oxygen atoms in total. The second-order valence-corrected chi connectivity index (χ2v) is 7.75. The van der Waals surface area contributed by atoms with Crippen molar-refractivity contribution in [2.24, 2.45) is 5.14 Å². The van der Waals surface area contributed by atoms with Gasteiger partial charge < -0.3 is 10.6 Å². The maximum Gasteiger partial charge on any atom is 0.238 e. The molecule has 0 spiro atoms. The minimum atomic E-state index is -3.72. The van der Waals surface area contributed by atoms with Crippen molar-refractivity contribution in [3.05, 3.63) is 40.1 Å². The monoisotopic (exact) mass is 323 g/mol. The van der Waals surface area contributed by atoms with Crippen LogP contribution in [-0.4, -0.2) is 15.0 Å². The van der Waals surface area contributed by atoms with E-state index in [0.717, 1.165) is 18.7 Å². The maximum atomic E-state index is 11.4. The summed E-state index contributed by atoms with van der Waals surface area (Å²) >= 11 is 1.78. The predicted molar refractivity (Wildman–Crippen MR) is 86.0 cm³/mol. The number of fused-ring (bicyclic) bond motifs is 1. The molecule has 0 saturated carbocycles. The minimum absolute atomic E-state index is 0.0460. The van der Waals surface area contributed by atoms with Crippen LogP contribution >= 0.6 is 11.3 Å². The fraction of sp³-hybridized carbons (Fsp3) is 0.286. The Balaban J connectivity index is 1.99. The van der Waals surface area contributed by atoms with Crippen molar-refractivity contribution in [1.82, 2.24) is 0 Å². The molecule has 21 heavy (non-hydrogen) atoms. The van der Waals surface area contributed by atoms with Gasteiger partial charge in [-0.1, -0.05) is 0 Å². The lowest BCUT2D eigenvalue weighted by Crippen LogP contribution is -2.33. The molecule has 3 rings (SSSR count). The third-order valence-electron chi connectivity index (χ3n) is 3.91. The Bertz CT molecular complexity index is 783. The van der Waals surface area contributed by atoms with Gasteiger partial charge in [-0.2, -0.15) is 0 Å². The summed E-state index contributed by atoms with van der Waals surface area (Å²) < 4.78 is 22.8. The maximum absolute atomic E-state index is 11.4. The number of hydrogen-bond donors (Lipinski definition) is 2. The summed E-state index contributed by atoms with van der Waals surface area (Å²) in [6, 6.07) is 7.05. The summed E-state index contributed by atoms with van der Waals surface area (Å²) in [5, 5.41) is 7.24. The van der Waals surface area contributed by atoms with Gasteiger partial charge in [-0.05, 0) is 48.6 Å². The Morgan fingerprint density at radius 1 is 1.33 bits per heavy atom. The van der Waals surface area contributed by atoms with E-state index in [9.17, 15) is 8.42 Å². The van der Waals surface area contributed by atoms with E-state index in [1.165, 1.54) is 22.6 Å². The molecule has 2 heterocycles. The van der Waals surface area contributed by atoms with E-state index >= 15 is 0 Å². The van der Waals surface area contributed by atoms with Gasteiger partial charge in [-0.25, -0.2) is 13.6 Å². The summed E-state index contributed by atoms with van der Waals surface area (Å²) in [5.41, 5.74) is 8.66. The average molecular weight is 323 g/mol. The van der Waals surface area contributed by atoms with E-state index in [2.05, 4.69) is 23.3 Å². The normalized spacial score (nSPS) is 18.6. The van der Waals surface area contributed by atoms with Crippen LogP contribution in [0.4, 0.5) is 11.4 Å². The molecule has 0 amide bonds. The number of nitrogens with zero attached hydrogens (tertiary/aromatic N) is 1. The van der Waals surface area contributed by atoms with Crippen molar-refractivity contribution in [3.63, 3.8) is 0 Å². The van der Waals surface area contributed by atoms with E-state index in [4.69, 9.17) is 10.9 Å².